The van der Waals surface area contributed by atoms with E-state index < -0.39 is 0 Å². The Morgan fingerprint density at radius 3 is 2.52 bits per heavy atom. The third kappa shape index (κ3) is 5.29. The largest absolute Gasteiger partial charge is 0.325 e. The zero-order chi connectivity index (χ0) is 19.9. The molecule has 1 aromatic heterocycles. The molecule has 148 valence electrons. The number of amides is 1. The summed E-state index contributed by atoms with van der Waals surface area (Å²) in [6.45, 7) is 0.936. The van der Waals surface area contributed by atoms with E-state index in [4.69, 9.17) is 0 Å². The second kappa shape index (κ2) is 9.47. The van der Waals surface area contributed by atoms with Crippen molar-refractivity contribution in [1.29, 1.82) is 0 Å². The van der Waals surface area contributed by atoms with E-state index in [1.165, 1.54) is 18.2 Å². The number of hydrogen-bond donors (Lipinski definition) is 1. The van der Waals surface area contributed by atoms with Gasteiger partial charge in [-0.1, -0.05) is 36.4 Å². The van der Waals surface area contributed by atoms with E-state index in [0.29, 0.717) is 5.75 Å². The second-order valence-electron chi connectivity index (χ2n) is 6.78. The van der Waals surface area contributed by atoms with Crippen LogP contribution in [0.5, 0.6) is 0 Å². The Morgan fingerprint density at radius 1 is 0.966 bits per heavy atom. The third-order valence-corrected chi connectivity index (χ3v) is 5.56. The molecule has 1 amide bonds. The first-order chi connectivity index (χ1) is 14.3. The quantitative estimate of drug-likeness (QED) is 0.453. The molecule has 0 spiro atoms. The van der Waals surface area contributed by atoms with Gasteiger partial charge in [0.1, 0.15) is 5.82 Å². The van der Waals surface area contributed by atoms with Gasteiger partial charge in [-0.2, -0.15) is 10.2 Å². The van der Waals surface area contributed by atoms with Crippen molar-refractivity contribution in [2.75, 3.05) is 11.1 Å². The highest BCUT2D eigenvalue weighted by Crippen LogP contribution is 2.23. The van der Waals surface area contributed by atoms with Gasteiger partial charge < -0.3 is 9.88 Å². The Hall–Kier alpha value is -3.00. The lowest BCUT2D eigenvalue weighted by molar-refractivity contribution is -0.113. The number of anilines is 1. The summed E-state index contributed by atoms with van der Waals surface area (Å²) >= 11 is 1.43. The number of thioether (sulfide) groups is 1. The van der Waals surface area contributed by atoms with Gasteiger partial charge in [-0.05, 0) is 49.2 Å². The predicted octanol–water partition coefficient (Wildman–Crippen LogP) is 5.15. The molecule has 2 aromatic carbocycles. The van der Waals surface area contributed by atoms with Gasteiger partial charge >= 0.3 is 0 Å². The molecule has 0 fully saturated rings. The molecular formula is C21H22N6OS. The van der Waals surface area contributed by atoms with Crippen LogP contribution in [-0.4, -0.2) is 26.4 Å². The highest BCUT2D eigenvalue weighted by atomic mass is 32.2. The summed E-state index contributed by atoms with van der Waals surface area (Å²) in [5, 5.41) is 20.6. The molecule has 3 aromatic rings. The second-order valence-corrected chi connectivity index (χ2v) is 7.72. The van der Waals surface area contributed by atoms with Gasteiger partial charge in [-0.15, -0.1) is 10.2 Å². The van der Waals surface area contributed by atoms with Gasteiger partial charge in [0.05, 0.1) is 17.1 Å². The molecule has 1 aliphatic rings. The van der Waals surface area contributed by atoms with Crippen molar-refractivity contribution in [3.8, 4) is 0 Å². The van der Waals surface area contributed by atoms with E-state index in [-0.39, 0.29) is 5.91 Å². The summed E-state index contributed by atoms with van der Waals surface area (Å²) in [6, 6.07) is 16.9. The van der Waals surface area contributed by atoms with Crippen molar-refractivity contribution >= 4 is 34.7 Å². The number of fused-ring (bicyclic) bond motifs is 1. The number of hydrogen-bond acceptors (Lipinski definition) is 6. The van der Waals surface area contributed by atoms with Crippen LogP contribution in [0.4, 0.5) is 17.1 Å². The number of carbonyl (C=O) groups excluding carboxylic acids is 1. The van der Waals surface area contributed by atoms with Crippen LogP contribution in [-0.2, 0) is 17.8 Å². The molecule has 0 saturated heterocycles. The molecule has 7 nitrogen and oxygen atoms in total. The Kier molecular flexibility index (Phi) is 6.31. The minimum Gasteiger partial charge on any atom is -0.325 e. The number of aromatic nitrogens is 3. The summed E-state index contributed by atoms with van der Waals surface area (Å²) in [5.41, 5.74) is 2.26. The van der Waals surface area contributed by atoms with Crippen molar-refractivity contribution in [3.63, 3.8) is 0 Å². The Morgan fingerprint density at radius 2 is 1.72 bits per heavy atom. The lowest BCUT2D eigenvalue weighted by Gasteiger charge is -2.07. The van der Waals surface area contributed by atoms with Crippen LogP contribution in [0.1, 0.15) is 25.1 Å². The Bertz CT molecular complexity index is 984. The summed E-state index contributed by atoms with van der Waals surface area (Å²) in [5.74, 6) is 1.26. The zero-order valence-corrected chi connectivity index (χ0v) is 16.8. The van der Waals surface area contributed by atoms with Crippen molar-refractivity contribution in [2.24, 2.45) is 10.2 Å². The molecule has 1 N–H and O–H groups in total. The van der Waals surface area contributed by atoms with Crippen LogP contribution in [0, 0.1) is 0 Å². The first kappa shape index (κ1) is 19.3. The molecule has 0 unspecified atom stereocenters. The number of rotatable bonds is 6. The normalized spacial score (nSPS) is 13.8. The maximum atomic E-state index is 12.3. The molecule has 1 aliphatic heterocycles. The molecule has 0 bridgehead atoms. The first-order valence-electron chi connectivity index (χ1n) is 9.69. The monoisotopic (exact) mass is 406 g/mol. The van der Waals surface area contributed by atoms with Crippen molar-refractivity contribution in [2.45, 2.75) is 37.4 Å². The smallest absolute Gasteiger partial charge is 0.234 e. The van der Waals surface area contributed by atoms with E-state index in [0.717, 1.165) is 53.9 Å². The molecule has 0 saturated carbocycles. The molecular weight excluding hydrogens is 384 g/mol. The minimum absolute atomic E-state index is 0.0698. The van der Waals surface area contributed by atoms with Crippen LogP contribution >= 0.6 is 11.8 Å². The topological polar surface area (TPSA) is 84.5 Å². The van der Waals surface area contributed by atoms with Crippen LogP contribution in [0.3, 0.4) is 0 Å². The highest BCUT2D eigenvalue weighted by molar-refractivity contribution is 7.99. The fourth-order valence-electron chi connectivity index (χ4n) is 3.11. The zero-order valence-electron chi connectivity index (χ0n) is 16.0. The third-order valence-electron chi connectivity index (χ3n) is 4.60. The number of benzene rings is 2. The SMILES string of the molecule is O=C(CSc1nnc2n1CCCCC2)Nc1ccc(N=Nc2ccccc2)cc1. The van der Waals surface area contributed by atoms with E-state index >= 15 is 0 Å². The first-order valence-corrected chi connectivity index (χ1v) is 10.7. The van der Waals surface area contributed by atoms with Crippen LogP contribution in [0.15, 0.2) is 70.0 Å². The fourth-order valence-corrected chi connectivity index (χ4v) is 3.90. The van der Waals surface area contributed by atoms with Gasteiger partial charge in [0, 0.05) is 18.7 Å². The maximum absolute atomic E-state index is 12.3. The Labute approximate surface area is 173 Å². The molecule has 0 aliphatic carbocycles. The molecule has 8 heteroatoms. The van der Waals surface area contributed by atoms with E-state index in [1.807, 2.05) is 54.6 Å². The van der Waals surface area contributed by atoms with Gasteiger partial charge in [-0.3, -0.25) is 4.79 Å². The summed E-state index contributed by atoms with van der Waals surface area (Å²) in [7, 11) is 0. The number of aryl methyl sites for hydroxylation is 1. The minimum atomic E-state index is -0.0698. The Balaban J connectivity index is 1.30. The van der Waals surface area contributed by atoms with E-state index in [1.54, 1.807) is 0 Å². The molecule has 2 heterocycles. The van der Waals surface area contributed by atoms with E-state index in [9.17, 15) is 4.79 Å². The summed E-state index contributed by atoms with van der Waals surface area (Å²) in [4.78, 5) is 12.3. The molecule has 4 rings (SSSR count). The average molecular weight is 407 g/mol. The lowest BCUT2D eigenvalue weighted by Crippen LogP contribution is -2.14. The summed E-state index contributed by atoms with van der Waals surface area (Å²) < 4.78 is 2.15. The fraction of sp³-hybridized carbons (Fsp3) is 0.286. The number of carbonyl (C=O) groups is 1. The molecule has 0 radical (unpaired) electrons. The van der Waals surface area contributed by atoms with Crippen molar-refractivity contribution in [1.82, 2.24) is 14.8 Å². The summed E-state index contributed by atoms with van der Waals surface area (Å²) in [6.07, 6.45) is 4.48. The predicted molar refractivity (Wildman–Crippen MR) is 114 cm³/mol. The van der Waals surface area contributed by atoms with Crippen molar-refractivity contribution < 1.29 is 4.79 Å². The van der Waals surface area contributed by atoms with Gasteiger partial charge in [0.15, 0.2) is 5.16 Å². The molecule has 29 heavy (non-hydrogen) atoms. The lowest BCUT2D eigenvalue weighted by atomic mass is 10.2. The van der Waals surface area contributed by atoms with Crippen LogP contribution in [0.2, 0.25) is 0 Å². The standard InChI is InChI=1S/C21H22N6OS/c28-20(15-29-21-26-25-19-9-5-2-6-14-27(19)21)22-16-10-12-18(13-11-16)24-23-17-7-3-1-4-8-17/h1,3-4,7-8,10-13H,2,5-6,9,14-15H2,(H,22,28). The number of nitrogens with zero attached hydrogens (tertiary/aromatic N) is 5. The van der Waals surface area contributed by atoms with E-state index in [2.05, 4.69) is 30.3 Å². The van der Waals surface area contributed by atoms with Crippen molar-refractivity contribution in [3.05, 3.63) is 60.4 Å². The number of azo groups is 1. The van der Waals surface area contributed by atoms with Gasteiger partial charge in [0.25, 0.3) is 0 Å². The van der Waals surface area contributed by atoms with Crippen LogP contribution < -0.4 is 5.32 Å². The molecule has 0 atom stereocenters. The number of nitrogens with one attached hydrogen (secondary N) is 1. The van der Waals surface area contributed by atoms with Gasteiger partial charge in [-0.25, -0.2) is 0 Å². The maximum Gasteiger partial charge on any atom is 0.234 e. The average Bonchev–Trinajstić information content (AvgIpc) is 2.98. The highest BCUT2D eigenvalue weighted by Gasteiger charge is 2.16. The van der Waals surface area contributed by atoms with Gasteiger partial charge in [0.2, 0.25) is 5.91 Å². The van der Waals surface area contributed by atoms with Crippen LogP contribution in [0.25, 0.3) is 0 Å².